The van der Waals surface area contributed by atoms with E-state index in [0.717, 1.165) is 118 Å². The van der Waals surface area contributed by atoms with Gasteiger partial charge in [0.15, 0.2) is 0 Å². The van der Waals surface area contributed by atoms with Crippen LogP contribution in [-0.2, 0) is 0 Å². The second-order valence-corrected chi connectivity index (χ2v) is 18.7. The molecule has 7 heteroatoms. The summed E-state index contributed by atoms with van der Waals surface area (Å²) in [5.41, 5.74) is 17.2. The summed E-state index contributed by atoms with van der Waals surface area (Å²) < 4.78 is 21.6. The molecule has 14 rings (SSSR count). The van der Waals surface area contributed by atoms with Crippen LogP contribution in [0, 0.1) is 0 Å². The van der Waals surface area contributed by atoms with E-state index in [1.165, 1.54) is 5.46 Å². The Labute approximate surface area is 425 Å². The van der Waals surface area contributed by atoms with Crippen molar-refractivity contribution in [2.45, 2.75) is 0 Å². The molecule has 0 spiro atoms. The van der Waals surface area contributed by atoms with E-state index in [1.807, 2.05) is 12.1 Å². The molecule has 11 aromatic rings. The minimum atomic E-state index is -0.254. The van der Waals surface area contributed by atoms with E-state index in [4.69, 9.17) is 14.2 Å². The largest absolute Gasteiger partial charge is 0.458 e. The fourth-order valence-corrected chi connectivity index (χ4v) is 11.3. The van der Waals surface area contributed by atoms with Crippen molar-refractivity contribution in [3.63, 3.8) is 0 Å². The average Bonchev–Trinajstić information content (AvgIpc) is 3.45. The highest BCUT2D eigenvalue weighted by Crippen LogP contribution is 2.44. The van der Waals surface area contributed by atoms with Crippen LogP contribution < -0.4 is 56.8 Å². The average molecular weight is 935 g/mol. The monoisotopic (exact) mass is 934 g/mol. The lowest BCUT2D eigenvalue weighted by Gasteiger charge is -2.37. The van der Waals surface area contributed by atoms with Gasteiger partial charge in [-0.15, -0.1) is 0 Å². The Morgan fingerprint density at radius 2 is 0.616 bits per heavy atom. The Morgan fingerprint density at radius 1 is 0.233 bits per heavy atom. The molecule has 0 bridgehead atoms. The molecule has 0 amide bonds. The van der Waals surface area contributed by atoms with E-state index < -0.39 is 0 Å². The fraction of sp³-hybridized carbons (Fsp3) is 0. The smallest absolute Gasteiger partial charge is 0.260 e. The Bertz CT molecular complexity index is 3710. The Morgan fingerprint density at radius 3 is 1.14 bits per heavy atom. The molecule has 342 valence electrons. The van der Waals surface area contributed by atoms with Gasteiger partial charge in [0.1, 0.15) is 34.5 Å². The van der Waals surface area contributed by atoms with Crippen molar-refractivity contribution in [1.82, 2.24) is 0 Å². The third-order valence-electron chi connectivity index (χ3n) is 14.5. The first-order valence-corrected chi connectivity index (χ1v) is 24.9. The number of benzene rings is 11. The molecule has 3 heterocycles. The number of hydrogen-bond acceptors (Lipinski definition) is 5. The van der Waals surface area contributed by atoms with E-state index in [-0.39, 0.29) is 13.4 Å². The second-order valence-electron chi connectivity index (χ2n) is 18.7. The maximum atomic E-state index is 7.35. The molecule has 0 saturated heterocycles. The summed E-state index contributed by atoms with van der Waals surface area (Å²) in [5.74, 6) is 4.62. The maximum absolute atomic E-state index is 7.35. The minimum absolute atomic E-state index is 0.187. The standard InChI is InChI=1S/C66H44B2N2O3/c1-7-22-45(23-8-1)53-34-21-35-54(46-24-9-2-10-25-46)65(53)67-56-39-38-51(69(47-26-11-3-12-27-47)48-28-13-4-14-29-48)40-60(56)72-61-44-62-58(43-57(61)67)68-55-36-19-20-37-59(55)71-63-41-52(42-64(73-62)66(63)68)70(49-30-15-5-16-31-49)50-32-17-6-18-33-50/h1-44H. The zero-order valence-corrected chi connectivity index (χ0v) is 39.7. The van der Waals surface area contributed by atoms with Crippen LogP contribution >= 0.6 is 0 Å². The molecule has 3 aliphatic rings. The lowest BCUT2D eigenvalue weighted by Crippen LogP contribution is -2.61. The Hall–Kier alpha value is -9.45. The Balaban J connectivity index is 1.01. The molecule has 0 N–H and O–H groups in total. The lowest BCUT2D eigenvalue weighted by atomic mass is 9.31. The van der Waals surface area contributed by atoms with Crippen LogP contribution in [0.15, 0.2) is 267 Å². The van der Waals surface area contributed by atoms with Gasteiger partial charge in [0.05, 0.1) is 5.69 Å². The summed E-state index contributed by atoms with van der Waals surface area (Å²) in [6, 6.07) is 94.4. The molecule has 0 fully saturated rings. The second kappa shape index (κ2) is 17.7. The number of rotatable bonds is 9. The molecule has 0 aliphatic carbocycles. The number of anilines is 6. The topological polar surface area (TPSA) is 34.2 Å². The molecular weight excluding hydrogens is 890 g/mol. The molecule has 3 aliphatic heterocycles. The lowest BCUT2D eigenvalue weighted by molar-refractivity contribution is 0.456. The number of ether oxygens (including phenoxy) is 3. The molecule has 11 aromatic carbocycles. The molecule has 0 saturated carbocycles. The summed E-state index contributed by atoms with van der Waals surface area (Å²) in [5, 5.41) is 0. The first-order valence-electron chi connectivity index (χ1n) is 24.9. The molecule has 0 unspecified atom stereocenters. The van der Waals surface area contributed by atoms with Gasteiger partial charge < -0.3 is 24.0 Å². The highest BCUT2D eigenvalue weighted by molar-refractivity contribution is 7.01. The van der Waals surface area contributed by atoms with Gasteiger partial charge in [-0.05, 0) is 105 Å². The van der Waals surface area contributed by atoms with E-state index in [0.29, 0.717) is 0 Å². The normalized spacial score (nSPS) is 12.4. The first kappa shape index (κ1) is 42.4. The molecule has 0 atom stereocenters. The van der Waals surface area contributed by atoms with Crippen molar-refractivity contribution in [1.29, 1.82) is 0 Å². The zero-order valence-electron chi connectivity index (χ0n) is 39.7. The van der Waals surface area contributed by atoms with Gasteiger partial charge in [-0.2, -0.15) is 0 Å². The van der Waals surface area contributed by atoms with Crippen molar-refractivity contribution < 1.29 is 14.2 Å². The fourth-order valence-electron chi connectivity index (χ4n) is 11.3. The van der Waals surface area contributed by atoms with Crippen LogP contribution in [0.3, 0.4) is 0 Å². The van der Waals surface area contributed by atoms with Gasteiger partial charge in [0.2, 0.25) is 0 Å². The van der Waals surface area contributed by atoms with Crippen molar-refractivity contribution in [2.75, 3.05) is 9.80 Å². The third-order valence-corrected chi connectivity index (χ3v) is 14.5. The highest BCUT2D eigenvalue weighted by atomic mass is 16.5. The summed E-state index contributed by atoms with van der Waals surface area (Å²) in [7, 11) is 0. The van der Waals surface area contributed by atoms with Crippen LogP contribution in [-0.4, -0.2) is 13.4 Å². The predicted molar refractivity (Wildman–Crippen MR) is 302 cm³/mol. The van der Waals surface area contributed by atoms with Gasteiger partial charge in [-0.1, -0.05) is 187 Å². The summed E-state index contributed by atoms with van der Waals surface area (Å²) in [6.07, 6.45) is 0. The molecule has 0 aromatic heterocycles. The molecule has 73 heavy (non-hydrogen) atoms. The van der Waals surface area contributed by atoms with Crippen LogP contribution in [0.1, 0.15) is 0 Å². The highest BCUT2D eigenvalue weighted by Gasteiger charge is 2.44. The van der Waals surface area contributed by atoms with E-state index >= 15 is 0 Å². The third kappa shape index (κ3) is 7.36. The van der Waals surface area contributed by atoms with Crippen LogP contribution in [0.2, 0.25) is 0 Å². The minimum Gasteiger partial charge on any atom is -0.458 e. The van der Waals surface area contributed by atoms with Crippen molar-refractivity contribution in [3.05, 3.63) is 267 Å². The molecule has 0 radical (unpaired) electrons. The van der Waals surface area contributed by atoms with Crippen molar-refractivity contribution >= 4 is 80.3 Å². The van der Waals surface area contributed by atoms with E-state index in [1.54, 1.807) is 0 Å². The van der Waals surface area contributed by atoms with Crippen molar-refractivity contribution in [2.24, 2.45) is 0 Å². The summed E-state index contributed by atoms with van der Waals surface area (Å²) >= 11 is 0. The number of nitrogens with zero attached hydrogens (tertiary/aromatic N) is 2. The van der Waals surface area contributed by atoms with E-state index in [9.17, 15) is 0 Å². The van der Waals surface area contributed by atoms with Crippen LogP contribution in [0.5, 0.6) is 34.5 Å². The molecule has 5 nitrogen and oxygen atoms in total. The van der Waals surface area contributed by atoms with Crippen LogP contribution in [0.25, 0.3) is 22.3 Å². The SMILES string of the molecule is c1ccc(-c2cccc(-c3ccccc3)c2B2c3ccc(N(c4ccccc4)c4ccccc4)cc3Oc3cc4c(cc32)B2c3ccccc3Oc3cc(N(c5ccccc5)c5ccccc5)cc(c32)O4)cc1. The van der Waals surface area contributed by atoms with Gasteiger partial charge in [0, 0.05) is 58.2 Å². The summed E-state index contributed by atoms with van der Waals surface area (Å²) in [6.45, 7) is -0.442. The predicted octanol–water partition coefficient (Wildman–Crippen LogP) is 13.3. The number of fused-ring (bicyclic) bond motifs is 6. The van der Waals surface area contributed by atoms with Gasteiger partial charge in [-0.3, -0.25) is 0 Å². The molecular formula is C66H44B2N2O3. The quantitative estimate of drug-likeness (QED) is 0.135. The van der Waals surface area contributed by atoms with Crippen LogP contribution in [0.4, 0.5) is 34.1 Å². The van der Waals surface area contributed by atoms with Gasteiger partial charge in [0.25, 0.3) is 13.4 Å². The number of hydrogen-bond donors (Lipinski definition) is 0. The van der Waals surface area contributed by atoms with Gasteiger partial charge >= 0.3 is 0 Å². The van der Waals surface area contributed by atoms with Crippen molar-refractivity contribution in [3.8, 4) is 56.8 Å². The zero-order chi connectivity index (χ0) is 48.2. The number of para-hydroxylation sites is 5. The van der Waals surface area contributed by atoms with Gasteiger partial charge in [-0.25, -0.2) is 0 Å². The first-order chi connectivity index (χ1) is 36.2. The Kier molecular flexibility index (Phi) is 10.3. The maximum Gasteiger partial charge on any atom is 0.260 e. The van der Waals surface area contributed by atoms with E-state index in [2.05, 4.69) is 265 Å². The summed E-state index contributed by atoms with van der Waals surface area (Å²) in [4.78, 5) is 4.55.